The van der Waals surface area contributed by atoms with E-state index in [1.807, 2.05) is 32.0 Å². The Balaban J connectivity index is 1.10. The van der Waals surface area contributed by atoms with Crippen LogP contribution in [0.15, 0.2) is 91.0 Å². The summed E-state index contributed by atoms with van der Waals surface area (Å²) in [6.07, 6.45) is -0.0389. The first kappa shape index (κ1) is 30.6. The summed E-state index contributed by atoms with van der Waals surface area (Å²) in [4.78, 5) is 62.0. The van der Waals surface area contributed by atoms with Crippen molar-refractivity contribution in [3.8, 4) is 17.2 Å². The number of Topliss-reactive ketones (excluding diaryl/α,β-unsaturated/α-hetero) is 1. The fourth-order valence-electron chi connectivity index (χ4n) is 4.65. The maximum absolute atomic E-state index is 12.7. The van der Waals surface area contributed by atoms with E-state index in [0.717, 1.165) is 5.56 Å². The minimum absolute atomic E-state index is 0.0389. The van der Waals surface area contributed by atoms with Crippen LogP contribution in [-0.4, -0.2) is 41.7 Å². The Morgan fingerprint density at radius 3 is 2.09 bits per heavy atom. The number of nitro groups is 1. The number of hydrogen-bond donors (Lipinski definition) is 0. The molecule has 0 N–H and O–H groups in total. The van der Waals surface area contributed by atoms with E-state index in [4.69, 9.17) is 14.2 Å². The summed E-state index contributed by atoms with van der Waals surface area (Å²) in [6.45, 7) is 3.64. The van der Waals surface area contributed by atoms with Crippen molar-refractivity contribution in [3.05, 3.63) is 123 Å². The molecule has 5 rings (SSSR count). The van der Waals surface area contributed by atoms with E-state index in [-0.39, 0.29) is 41.4 Å². The molecule has 11 nitrogen and oxygen atoms in total. The molecule has 1 heterocycles. The first-order valence-electron chi connectivity index (χ1n) is 14.0. The largest absolute Gasteiger partial charge is 0.457 e. The predicted octanol–water partition coefficient (Wildman–Crippen LogP) is 6.00. The zero-order valence-corrected chi connectivity index (χ0v) is 24.4. The molecule has 228 valence electrons. The first-order valence-corrected chi connectivity index (χ1v) is 14.0. The Morgan fingerprint density at radius 2 is 1.44 bits per heavy atom. The molecule has 0 saturated carbocycles. The van der Waals surface area contributed by atoms with Crippen LogP contribution < -0.4 is 14.4 Å². The number of carbonyl (C=O) groups excluding carboxylic acids is 4. The summed E-state index contributed by atoms with van der Waals surface area (Å²) in [5.74, 6) is -1.33. The monoisotopic (exact) mass is 608 g/mol. The second-order valence-electron chi connectivity index (χ2n) is 10.5. The van der Waals surface area contributed by atoms with E-state index in [9.17, 15) is 29.3 Å². The van der Waals surface area contributed by atoms with Crippen molar-refractivity contribution >= 4 is 35.0 Å². The summed E-state index contributed by atoms with van der Waals surface area (Å²) >= 11 is 0. The van der Waals surface area contributed by atoms with Gasteiger partial charge in [0.1, 0.15) is 17.2 Å². The van der Waals surface area contributed by atoms with Crippen LogP contribution in [0, 0.1) is 29.9 Å². The molecule has 1 atom stereocenters. The van der Waals surface area contributed by atoms with E-state index in [1.54, 1.807) is 24.3 Å². The van der Waals surface area contributed by atoms with Crippen LogP contribution in [0.5, 0.6) is 17.2 Å². The fraction of sp³-hybridized carbons (Fsp3) is 0.176. The third kappa shape index (κ3) is 7.39. The van der Waals surface area contributed by atoms with Gasteiger partial charge in [-0.1, -0.05) is 6.07 Å². The zero-order valence-electron chi connectivity index (χ0n) is 24.4. The fourth-order valence-corrected chi connectivity index (χ4v) is 4.65. The van der Waals surface area contributed by atoms with Gasteiger partial charge in [0.05, 0.1) is 16.4 Å². The van der Waals surface area contributed by atoms with Crippen molar-refractivity contribution in [2.75, 3.05) is 18.1 Å². The predicted molar refractivity (Wildman–Crippen MR) is 163 cm³/mol. The maximum Gasteiger partial charge on any atom is 0.343 e. The zero-order chi connectivity index (χ0) is 32.1. The third-order valence-corrected chi connectivity index (χ3v) is 7.37. The number of esters is 2. The van der Waals surface area contributed by atoms with E-state index in [0.29, 0.717) is 17.2 Å². The quantitative estimate of drug-likeness (QED) is 0.0696. The van der Waals surface area contributed by atoms with Gasteiger partial charge in [0, 0.05) is 36.3 Å². The van der Waals surface area contributed by atoms with Crippen molar-refractivity contribution in [1.29, 1.82) is 0 Å². The molecular formula is C34H28N2O9. The van der Waals surface area contributed by atoms with E-state index in [1.165, 1.54) is 59.0 Å². The van der Waals surface area contributed by atoms with Gasteiger partial charge in [-0.2, -0.15) is 0 Å². The van der Waals surface area contributed by atoms with Crippen LogP contribution in [0.4, 0.5) is 11.4 Å². The Labute approximate surface area is 258 Å². The molecule has 11 heteroatoms. The second-order valence-corrected chi connectivity index (χ2v) is 10.5. The molecule has 4 aromatic carbocycles. The van der Waals surface area contributed by atoms with Gasteiger partial charge in [0.25, 0.3) is 5.69 Å². The van der Waals surface area contributed by atoms with Gasteiger partial charge < -0.3 is 19.1 Å². The van der Waals surface area contributed by atoms with Crippen LogP contribution in [0.3, 0.4) is 0 Å². The highest BCUT2D eigenvalue weighted by Crippen LogP contribution is 2.30. The molecule has 0 unspecified atom stereocenters. The molecule has 0 bridgehead atoms. The number of non-ortho nitro benzene ring substituents is 1. The lowest BCUT2D eigenvalue weighted by Gasteiger charge is -2.17. The van der Waals surface area contributed by atoms with Crippen LogP contribution in [0.2, 0.25) is 0 Å². The summed E-state index contributed by atoms with van der Waals surface area (Å²) in [5.41, 5.74) is 3.09. The van der Waals surface area contributed by atoms with Crippen molar-refractivity contribution < 1.29 is 38.3 Å². The number of rotatable bonds is 10. The third-order valence-electron chi connectivity index (χ3n) is 7.37. The Bertz CT molecular complexity index is 1770. The van der Waals surface area contributed by atoms with Crippen molar-refractivity contribution in [1.82, 2.24) is 0 Å². The van der Waals surface area contributed by atoms with E-state index in [2.05, 4.69) is 0 Å². The molecule has 0 spiro atoms. The van der Waals surface area contributed by atoms with Gasteiger partial charge in [-0.3, -0.25) is 24.5 Å². The van der Waals surface area contributed by atoms with E-state index < -0.39 is 35.2 Å². The van der Waals surface area contributed by atoms with Crippen molar-refractivity contribution in [2.24, 2.45) is 5.92 Å². The van der Waals surface area contributed by atoms with Gasteiger partial charge in [0.15, 0.2) is 12.4 Å². The molecule has 1 amide bonds. The second kappa shape index (κ2) is 13.2. The lowest BCUT2D eigenvalue weighted by molar-refractivity contribution is -0.384. The number of hydrogen-bond acceptors (Lipinski definition) is 9. The van der Waals surface area contributed by atoms with Crippen LogP contribution in [0.1, 0.15) is 38.3 Å². The average Bonchev–Trinajstić information content (AvgIpc) is 3.43. The minimum Gasteiger partial charge on any atom is -0.457 e. The molecule has 4 aromatic rings. The standard InChI is InChI=1S/C34H28N2O9/c1-21-3-12-30(17-22(21)2)44-28-15-10-26(11-16-28)35-19-25(18-32(35)38)33(39)43-20-31(37)23-6-13-29(14-7-23)45-34(40)24-4-8-27(9-5-24)36(41)42/h3-17,25H,18-20H2,1-2H3/t25-/m1/s1. The number of ketones is 1. The highest BCUT2D eigenvalue weighted by Gasteiger charge is 2.36. The number of ether oxygens (including phenoxy) is 3. The van der Waals surface area contributed by atoms with Crippen molar-refractivity contribution in [3.63, 3.8) is 0 Å². The Morgan fingerprint density at radius 1 is 0.822 bits per heavy atom. The maximum atomic E-state index is 12.7. The average molecular weight is 609 g/mol. The van der Waals surface area contributed by atoms with E-state index >= 15 is 0 Å². The normalized spacial score (nSPS) is 14.1. The van der Waals surface area contributed by atoms with Crippen LogP contribution >= 0.6 is 0 Å². The number of benzene rings is 4. The smallest absolute Gasteiger partial charge is 0.343 e. The highest BCUT2D eigenvalue weighted by molar-refractivity contribution is 6.01. The molecule has 45 heavy (non-hydrogen) atoms. The van der Waals surface area contributed by atoms with Crippen molar-refractivity contribution in [2.45, 2.75) is 20.3 Å². The molecule has 1 aliphatic rings. The molecular weight excluding hydrogens is 580 g/mol. The lowest BCUT2D eigenvalue weighted by atomic mass is 10.1. The molecule has 1 saturated heterocycles. The van der Waals surface area contributed by atoms with Gasteiger partial charge in [-0.15, -0.1) is 0 Å². The molecule has 1 fully saturated rings. The molecule has 0 aliphatic carbocycles. The summed E-state index contributed by atoms with van der Waals surface area (Å²) in [6, 6.07) is 23.4. The number of nitrogens with zero attached hydrogens (tertiary/aromatic N) is 2. The number of anilines is 1. The summed E-state index contributed by atoms with van der Waals surface area (Å²) in [7, 11) is 0. The van der Waals surface area contributed by atoms with Gasteiger partial charge in [-0.25, -0.2) is 4.79 Å². The topological polar surface area (TPSA) is 142 Å². The molecule has 1 aliphatic heterocycles. The Kier molecular flexibility index (Phi) is 8.99. The summed E-state index contributed by atoms with van der Waals surface area (Å²) in [5, 5.41) is 10.8. The molecule has 0 radical (unpaired) electrons. The van der Waals surface area contributed by atoms with Gasteiger partial charge in [-0.05, 0) is 97.8 Å². The molecule has 0 aromatic heterocycles. The number of carbonyl (C=O) groups is 4. The van der Waals surface area contributed by atoms with Gasteiger partial charge in [0.2, 0.25) is 5.91 Å². The SMILES string of the molecule is Cc1ccc(Oc2ccc(N3C[C@H](C(=O)OCC(=O)c4ccc(OC(=O)c5ccc([N+](=O)[O-])cc5)cc4)CC3=O)cc2)cc1C. The van der Waals surface area contributed by atoms with Crippen LogP contribution in [-0.2, 0) is 14.3 Å². The van der Waals surface area contributed by atoms with Gasteiger partial charge >= 0.3 is 11.9 Å². The lowest BCUT2D eigenvalue weighted by Crippen LogP contribution is -2.27. The Hall–Kier alpha value is -5.84. The number of amides is 1. The number of nitro benzene ring substituents is 1. The minimum atomic E-state index is -0.724. The number of aryl methyl sites for hydroxylation is 2. The first-order chi connectivity index (χ1) is 21.6. The highest BCUT2D eigenvalue weighted by atomic mass is 16.6. The van der Waals surface area contributed by atoms with Crippen LogP contribution in [0.25, 0.3) is 0 Å². The summed E-state index contributed by atoms with van der Waals surface area (Å²) < 4.78 is 16.4.